The van der Waals surface area contributed by atoms with Crippen molar-refractivity contribution in [3.63, 3.8) is 0 Å². The second-order valence-electron chi connectivity index (χ2n) is 6.20. The molecular formula is C16H23N5O. The van der Waals surface area contributed by atoms with Crippen molar-refractivity contribution in [2.75, 3.05) is 18.5 Å². The van der Waals surface area contributed by atoms with E-state index in [1.54, 1.807) is 6.33 Å². The van der Waals surface area contributed by atoms with Crippen molar-refractivity contribution < 1.29 is 5.11 Å². The third kappa shape index (κ3) is 3.11. The molecule has 22 heavy (non-hydrogen) atoms. The quantitative estimate of drug-likeness (QED) is 0.910. The second kappa shape index (κ2) is 6.04. The minimum atomic E-state index is -0.160. The first kappa shape index (κ1) is 15.0. The van der Waals surface area contributed by atoms with E-state index in [-0.39, 0.29) is 6.10 Å². The fourth-order valence-corrected chi connectivity index (χ4v) is 2.88. The van der Waals surface area contributed by atoms with Gasteiger partial charge in [0.25, 0.3) is 0 Å². The molecule has 3 rings (SSSR count). The first-order chi connectivity index (χ1) is 10.5. The van der Waals surface area contributed by atoms with Crippen LogP contribution in [-0.4, -0.2) is 44.6 Å². The van der Waals surface area contributed by atoms with Gasteiger partial charge in [-0.15, -0.1) is 0 Å². The first-order valence-electron chi connectivity index (χ1n) is 7.75. The van der Waals surface area contributed by atoms with Gasteiger partial charge in [0.05, 0.1) is 18.3 Å². The molecule has 2 heterocycles. The molecule has 6 heteroatoms. The van der Waals surface area contributed by atoms with E-state index < -0.39 is 0 Å². The summed E-state index contributed by atoms with van der Waals surface area (Å²) in [6.45, 7) is 5.75. The van der Waals surface area contributed by atoms with E-state index in [1.807, 2.05) is 24.7 Å². The lowest BCUT2D eigenvalue weighted by molar-refractivity contribution is 0.0732. The lowest BCUT2D eigenvalue weighted by Crippen LogP contribution is -2.28. The van der Waals surface area contributed by atoms with Crippen LogP contribution >= 0.6 is 0 Å². The summed E-state index contributed by atoms with van der Waals surface area (Å²) in [5.74, 6) is 1.30. The van der Waals surface area contributed by atoms with Crippen molar-refractivity contribution in [2.24, 2.45) is 0 Å². The number of aryl methyl sites for hydroxylation is 2. The van der Waals surface area contributed by atoms with Crippen LogP contribution in [0.2, 0.25) is 0 Å². The van der Waals surface area contributed by atoms with Crippen LogP contribution in [0.25, 0.3) is 0 Å². The molecule has 0 radical (unpaired) electrons. The summed E-state index contributed by atoms with van der Waals surface area (Å²) in [6, 6.07) is 4.13. The van der Waals surface area contributed by atoms with Crippen LogP contribution in [-0.2, 0) is 6.54 Å². The molecule has 2 aromatic heterocycles. The van der Waals surface area contributed by atoms with Gasteiger partial charge < -0.3 is 10.0 Å². The number of hydrogen-bond donors (Lipinski definition) is 1. The van der Waals surface area contributed by atoms with Crippen molar-refractivity contribution in [1.82, 2.24) is 19.7 Å². The van der Waals surface area contributed by atoms with Crippen LogP contribution in [0.5, 0.6) is 0 Å². The highest BCUT2D eigenvalue weighted by Gasteiger charge is 2.29. The lowest BCUT2D eigenvalue weighted by atomic mass is 9.80. The molecule has 0 amide bonds. The molecule has 1 saturated carbocycles. The largest absolute Gasteiger partial charge is 0.393 e. The zero-order valence-electron chi connectivity index (χ0n) is 13.4. The maximum absolute atomic E-state index is 9.43. The zero-order chi connectivity index (χ0) is 15.7. The predicted octanol–water partition coefficient (Wildman–Crippen LogP) is 1.66. The average Bonchev–Trinajstić information content (AvgIpc) is 2.79. The monoisotopic (exact) mass is 301 g/mol. The van der Waals surface area contributed by atoms with Crippen molar-refractivity contribution in [2.45, 2.75) is 45.3 Å². The number of nitrogens with zero attached hydrogens (tertiary/aromatic N) is 5. The van der Waals surface area contributed by atoms with E-state index in [0.29, 0.717) is 5.92 Å². The zero-order valence-corrected chi connectivity index (χ0v) is 13.4. The van der Waals surface area contributed by atoms with Crippen molar-refractivity contribution in [3.05, 3.63) is 35.5 Å². The topological polar surface area (TPSA) is 67.1 Å². The molecule has 1 aliphatic rings. The molecule has 0 unspecified atom stereocenters. The van der Waals surface area contributed by atoms with Crippen LogP contribution in [0.1, 0.15) is 35.8 Å². The van der Waals surface area contributed by atoms with Crippen molar-refractivity contribution in [1.29, 1.82) is 0 Å². The van der Waals surface area contributed by atoms with E-state index >= 15 is 0 Å². The molecule has 6 nitrogen and oxygen atoms in total. The van der Waals surface area contributed by atoms with Gasteiger partial charge in [-0.2, -0.15) is 5.10 Å². The Labute approximate surface area is 130 Å². The van der Waals surface area contributed by atoms with Gasteiger partial charge in [0.2, 0.25) is 0 Å². The maximum Gasteiger partial charge on any atom is 0.131 e. The van der Waals surface area contributed by atoms with Crippen LogP contribution < -0.4 is 4.90 Å². The van der Waals surface area contributed by atoms with Crippen LogP contribution in [0, 0.1) is 13.8 Å². The Kier molecular flexibility index (Phi) is 4.11. The fraction of sp³-hybridized carbons (Fsp3) is 0.562. The highest BCUT2D eigenvalue weighted by molar-refractivity contribution is 5.39. The summed E-state index contributed by atoms with van der Waals surface area (Å²) in [5, 5.41) is 13.9. The van der Waals surface area contributed by atoms with Gasteiger partial charge in [0.15, 0.2) is 0 Å². The second-order valence-corrected chi connectivity index (χ2v) is 6.20. The summed E-state index contributed by atoms with van der Waals surface area (Å²) in [7, 11) is 2.04. The molecule has 0 bridgehead atoms. The summed E-state index contributed by atoms with van der Waals surface area (Å²) in [6.07, 6.45) is 3.08. The van der Waals surface area contributed by atoms with Gasteiger partial charge >= 0.3 is 0 Å². The number of aromatic nitrogens is 4. The third-order valence-electron chi connectivity index (χ3n) is 4.35. The van der Waals surface area contributed by atoms with Crippen molar-refractivity contribution >= 4 is 5.82 Å². The standard InChI is InChI=1S/C16H23N5O/c1-11-6-12(2)21(19-11)5-4-20(3)16-9-15(17-10-18-16)13-7-14(22)8-13/h6,9-10,13-14,22H,4-5,7-8H2,1-3H3. The van der Waals surface area contributed by atoms with E-state index in [0.717, 1.165) is 43.1 Å². The summed E-state index contributed by atoms with van der Waals surface area (Å²) < 4.78 is 2.02. The van der Waals surface area contributed by atoms with Gasteiger partial charge in [0, 0.05) is 37.0 Å². The van der Waals surface area contributed by atoms with Gasteiger partial charge in [-0.05, 0) is 32.8 Å². The molecule has 0 atom stereocenters. The number of aliphatic hydroxyl groups excluding tert-OH is 1. The Bertz CT molecular complexity index is 648. The highest BCUT2D eigenvalue weighted by atomic mass is 16.3. The van der Waals surface area contributed by atoms with Crippen LogP contribution in [0.3, 0.4) is 0 Å². The number of rotatable bonds is 5. The molecule has 1 N–H and O–H groups in total. The first-order valence-corrected chi connectivity index (χ1v) is 7.75. The van der Waals surface area contributed by atoms with E-state index in [2.05, 4.69) is 33.0 Å². The summed E-state index contributed by atoms with van der Waals surface area (Å²) in [5.41, 5.74) is 3.26. The average molecular weight is 301 g/mol. The molecule has 2 aromatic rings. The van der Waals surface area contributed by atoms with Crippen molar-refractivity contribution in [3.8, 4) is 0 Å². The molecular weight excluding hydrogens is 278 g/mol. The Balaban J connectivity index is 1.63. The molecule has 118 valence electrons. The van der Waals surface area contributed by atoms with Gasteiger partial charge in [-0.1, -0.05) is 0 Å². The Morgan fingerprint density at radius 2 is 2.05 bits per heavy atom. The number of aliphatic hydroxyl groups is 1. The number of hydrogen-bond acceptors (Lipinski definition) is 5. The van der Waals surface area contributed by atoms with Gasteiger partial charge in [0.1, 0.15) is 12.1 Å². The number of anilines is 1. The fourth-order valence-electron chi connectivity index (χ4n) is 2.88. The molecule has 0 spiro atoms. The molecule has 1 fully saturated rings. The minimum absolute atomic E-state index is 0.160. The molecule has 0 aromatic carbocycles. The van der Waals surface area contributed by atoms with E-state index in [1.165, 1.54) is 5.69 Å². The van der Waals surface area contributed by atoms with Crippen LogP contribution in [0.15, 0.2) is 18.5 Å². The summed E-state index contributed by atoms with van der Waals surface area (Å²) >= 11 is 0. The normalized spacial score (nSPS) is 20.7. The Morgan fingerprint density at radius 3 is 2.68 bits per heavy atom. The smallest absolute Gasteiger partial charge is 0.131 e. The molecule has 0 saturated heterocycles. The third-order valence-corrected chi connectivity index (χ3v) is 4.35. The lowest BCUT2D eigenvalue weighted by Gasteiger charge is -2.31. The molecule has 0 aliphatic heterocycles. The van der Waals surface area contributed by atoms with Gasteiger partial charge in [-0.3, -0.25) is 4.68 Å². The van der Waals surface area contributed by atoms with E-state index in [9.17, 15) is 5.11 Å². The highest BCUT2D eigenvalue weighted by Crippen LogP contribution is 2.36. The molecule has 1 aliphatic carbocycles. The van der Waals surface area contributed by atoms with Gasteiger partial charge in [-0.25, -0.2) is 9.97 Å². The Hall–Kier alpha value is -1.95. The SMILES string of the molecule is Cc1cc(C)n(CCN(C)c2cc(C3CC(O)C3)ncn2)n1. The number of likely N-dealkylation sites (N-methyl/N-ethyl adjacent to an activating group) is 1. The predicted molar refractivity (Wildman–Crippen MR) is 85.0 cm³/mol. The van der Waals surface area contributed by atoms with Crippen LogP contribution in [0.4, 0.5) is 5.82 Å². The Morgan fingerprint density at radius 1 is 1.27 bits per heavy atom. The van der Waals surface area contributed by atoms with E-state index in [4.69, 9.17) is 0 Å². The summed E-state index contributed by atoms with van der Waals surface area (Å²) in [4.78, 5) is 10.8. The maximum atomic E-state index is 9.43. The minimum Gasteiger partial charge on any atom is -0.393 e.